The van der Waals surface area contributed by atoms with E-state index in [1.54, 1.807) is 20.3 Å². The molecule has 0 saturated carbocycles. The monoisotopic (exact) mass is 257 g/mol. The molecule has 0 amide bonds. The normalized spacial score (nSPS) is 14.4. The molecule has 18 heavy (non-hydrogen) atoms. The maximum atomic E-state index is 12.9. The summed E-state index contributed by atoms with van der Waals surface area (Å²) in [7, 11) is 3.23. The third kappa shape index (κ3) is 4.25. The summed E-state index contributed by atoms with van der Waals surface area (Å²) in [6.07, 6.45) is -0.0555. The second-order valence-corrected chi connectivity index (χ2v) is 4.15. The molecule has 0 bridgehead atoms. The highest BCUT2D eigenvalue weighted by Gasteiger charge is 2.13. The van der Waals surface area contributed by atoms with Crippen molar-refractivity contribution in [1.29, 1.82) is 0 Å². The van der Waals surface area contributed by atoms with Crippen molar-refractivity contribution >= 4 is 0 Å². The van der Waals surface area contributed by atoms with E-state index >= 15 is 0 Å². The number of ether oxygens (including phenoxy) is 2. The first-order chi connectivity index (χ1) is 8.58. The van der Waals surface area contributed by atoms with Crippen LogP contribution in [0.15, 0.2) is 18.2 Å². The largest absolute Gasteiger partial charge is 0.508 e. The minimum absolute atomic E-state index is 0.0456. The van der Waals surface area contributed by atoms with Crippen LogP contribution >= 0.6 is 0 Å². The fraction of sp³-hybridized carbons (Fsp3) is 0.538. The molecule has 1 aromatic rings. The van der Waals surface area contributed by atoms with Gasteiger partial charge in [0.25, 0.3) is 0 Å². The van der Waals surface area contributed by atoms with Gasteiger partial charge in [0.05, 0.1) is 12.7 Å². The molecule has 0 saturated heterocycles. The molecule has 5 heteroatoms. The number of rotatable bonds is 7. The summed E-state index contributed by atoms with van der Waals surface area (Å²) in [5, 5.41) is 12.9. The predicted octanol–water partition coefficient (Wildman–Crippen LogP) is 1.84. The first kappa shape index (κ1) is 14.9. The standard InChI is InChI=1S/C13H20FNO3/c1-9(15-7-11(18-3)8-17-2)12-5-4-10(14)6-13(12)16/h4-6,9,11,15-16H,7-8H2,1-3H3. The molecule has 0 aliphatic heterocycles. The van der Waals surface area contributed by atoms with Crippen molar-refractivity contribution in [3.63, 3.8) is 0 Å². The number of hydrogen-bond acceptors (Lipinski definition) is 4. The molecule has 0 heterocycles. The number of halogens is 1. The quantitative estimate of drug-likeness (QED) is 0.782. The Labute approximate surface area is 107 Å². The molecule has 0 fully saturated rings. The van der Waals surface area contributed by atoms with Gasteiger partial charge >= 0.3 is 0 Å². The molecule has 2 N–H and O–H groups in total. The van der Waals surface area contributed by atoms with Crippen LogP contribution in [-0.2, 0) is 9.47 Å². The average molecular weight is 257 g/mol. The van der Waals surface area contributed by atoms with E-state index in [1.807, 2.05) is 6.92 Å². The van der Waals surface area contributed by atoms with Gasteiger partial charge in [0.15, 0.2) is 0 Å². The summed E-state index contributed by atoms with van der Waals surface area (Å²) in [4.78, 5) is 0. The molecule has 102 valence electrons. The van der Waals surface area contributed by atoms with Crippen LogP contribution in [0.3, 0.4) is 0 Å². The van der Waals surface area contributed by atoms with Crippen LogP contribution in [-0.4, -0.2) is 38.6 Å². The number of phenolic OH excluding ortho intramolecular Hbond substituents is 1. The zero-order chi connectivity index (χ0) is 13.5. The number of phenols is 1. The highest BCUT2D eigenvalue weighted by molar-refractivity contribution is 5.34. The zero-order valence-corrected chi connectivity index (χ0v) is 10.9. The van der Waals surface area contributed by atoms with Crippen LogP contribution in [0.1, 0.15) is 18.5 Å². The van der Waals surface area contributed by atoms with Crippen LogP contribution in [0.5, 0.6) is 5.75 Å². The summed E-state index contributed by atoms with van der Waals surface area (Å²) >= 11 is 0. The van der Waals surface area contributed by atoms with Crippen LogP contribution in [0, 0.1) is 5.82 Å². The van der Waals surface area contributed by atoms with Crippen molar-refractivity contribution in [2.45, 2.75) is 19.1 Å². The van der Waals surface area contributed by atoms with Crippen molar-refractivity contribution in [3.8, 4) is 5.75 Å². The Morgan fingerprint density at radius 2 is 2.11 bits per heavy atom. The number of nitrogens with one attached hydrogen (secondary N) is 1. The second kappa shape index (κ2) is 7.31. The highest BCUT2D eigenvalue weighted by Crippen LogP contribution is 2.24. The Balaban J connectivity index is 2.56. The lowest BCUT2D eigenvalue weighted by Gasteiger charge is -2.20. The third-order valence-corrected chi connectivity index (χ3v) is 2.80. The van der Waals surface area contributed by atoms with Crippen LogP contribution in [0.25, 0.3) is 0 Å². The summed E-state index contributed by atoms with van der Waals surface area (Å²) in [6, 6.07) is 3.91. The lowest BCUT2D eigenvalue weighted by Crippen LogP contribution is -2.33. The topological polar surface area (TPSA) is 50.7 Å². The smallest absolute Gasteiger partial charge is 0.126 e. The van der Waals surface area contributed by atoms with Crippen LogP contribution < -0.4 is 5.32 Å². The van der Waals surface area contributed by atoms with Crippen molar-refractivity contribution in [1.82, 2.24) is 5.32 Å². The molecule has 2 unspecified atom stereocenters. The van der Waals surface area contributed by atoms with Gasteiger partial charge in [-0.3, -0.25) is 0 Å². The molecule has 0 aliphatic rings. The van der Waals surface area contributed by atoms with Crippen LogP contribution in [0.4, 0.5) is 4.39 Å². The summed E-state index contributed by atoms with van der Waals surface area (Å²) in [5.41, 5.74) is 0.656. The van der Waals surface area contributed by atoms with Gasteiger partial charge in [-0.2, -0.15) is 0 Å². The van der Waals surface area contributed by atoms with E-state index in [-0.39, 0.29) is 17.9 Å². The van der Waals surface area contributed by atoms with E-state index in [1.165, 1.54) is 6.07 Å². The highest BCUT2D eigenvalue weighted by atomic mass is 19.1. The number of methoxy groups -OCH3 is 2. The first-order valence-corrected chi connectivity index (χ1v) is 5.82. The van der Waals surface area contributed by atoms with Gasteiger partial charge in [-0.15, -0.1) is 0 Å². The molecular weight excluding hydrogens is 237 g/mol. The first-order valence-electron chi connectivity index (χ1n) is 5.82. The van der Waals surface area contributed by atoms with Crippen molar-refractivity contribution in [2.24, 2.45) is 0 Å². The molecule has 4 nitrogen and oxygen atoms in total. The van der Waals surface area contributed by atoms with Gasteiger partial charge in [0.2, 0.25) is 0 Å². The Kier molecular flexibility index (Phi) is 6.04. The van der Waals surface area contributed by atoms with Gasteiger partial charge < -0.3 is 19.9 Å². The number of aromatic hydroxyl groups is 1. The molecule has 1 aromatic carbocycles. The predicted molar refractivity (Wildman–Crippen MR) is 67.2 cm³/mol. The van der Waals surface area contributed by atoms with E-state index < -0.39 is 5.82 Å². The zero-order valence-electron chi connectivity index (χ0n) is 10.9. The Hall–Kier alpha value is -1.17. The average Bonchev–Trinajstić information content (AvgIpc) is 2.34. The molecule has 0 aliphatic carbocycles. The summed E-state index contributed by atoms with van der Waals surface area (Å²) < 4.78 is 23.1. The lowest BCUT2D eigenvalue weighted by molar-refractivity contribution is 0.0276. The molecule has 0 spiro atoms. The van der Waals surface area contributed by atoms with E-state index in [2.05, 4.69) is 5.32 Å². The lowest BCUT2D eigenvalue weighted by atomic mass is 10.1. The summed E-state index contributed by atoms with van der Waals surface area (Å²) in [6.45, 7) is 2.97. The fourth-order valence-corrected chi connectivity index (χ4v) is 1.70. The van der Waals surface area contributed by atoms with E-state index in [4.69, 9.17) is 9.47 Å². The number of hydrogen-bond donors (Lipinski definition) is 2. The van der Waals surface area contributed by atoms with Gasteiger partial charge in [-0.1, -0.05) is 6.07 Å². The number of benzene rings is 1. The minimum atomic E-state index is -0.447. The Morgan fingerprint density at radius 1 is 1.39 bits per heavy atom. The van der Waals surface area contributed by atoms with E-state index in [9.17, 15) is 9.50 Å². The SMILES string of the molecule is COCC(CNC(C)c1ccc(F)cc1O)OC. The molecule has 0 aromatic heterocycles. The van der Waals surface area contributed by atoms with Gasteiger partial charge in [0.1, 0.15) is 11.6 Å². The Morgan fingerprint density at radius 3 is 2.67 bits per heavy atom. The van der Waals surface area contributed by atoms with E-state index in [0.717, 1.165) is 6.07 Å². The molecular formula is C13H20FNO3. The third-order valence-electron chi connectivity index (χ3n) is 2.80. The maximum absolute atomic E-state index is 12.9. The van der Waals surface area contributed by atoms with Crippen molar-refractivity contribution in [3.05, 3.63) is 29.6 Å². The van der Waals surface area contributed by atoms with Gasteiger partial charge in [-0.05, 0) is 13.0 Å². The Bertz CT molecular complexity index is 373. The molecule has 2 atom stereocenters. The van der Waals surface area contributed by atoms with Gasteiger partial charge in [-0.25, -0.2) is 4.39 Å². The van der Waals surface area contributed by atoms with Crippen molar-refractivity contribution < 1.29 is 19.0 Å². The van der Waals surface area contributed by atoms with Crippen molar-refractivity contribution in [2.75, 3.05) is 27.4 Å². The van der Waals surface area contributed by atoms with Gasteiger partial charge in [0, 0.05) is 38.4 Å². The minimum Gasteiger partial charge on any atom is -0.508 e. The van der Waals surface area contributed by atoms with Crippen LogP contribution in [0.2, 0.25) is 0 Å². The van der Waals surface area contributed by atoms with E-state index in [0.29, 0.717) is 18.7 Å². The summed E-state index contributed by atoms with van der Waals surface area (Å²) in [5.74, 6) is -0.492. The molecule has 1 rings (SSSR count). The maximum Gasteiger partial charge on any atom is 0.126 e. The molecule has 0 radical (unpaired) electrons. The fourth-order valence-electron chi connectivity index (χ4n) is 1.70. The second-order valence-electron chi connectivity index (χ2n) is 4.15.